The number of aryl methyl sites for hydroxylation is 3. The predicted molar refractivity (Wildman–Crippen MR) is 85.2 cm³/mol. The topological polar surface area (TPSA) is 72.9 Å². The first-order chi connectivity index (χ1) is 11.7. The van der Waals surface area contributed by atoms with Gasteiger partial charge in [0.05, 0.1) is 5.69 Å². The molecule has 0 unspecified atom stereocenters. The van der Waals surface area contributed by atoms with Crippen LogP contribution in [0, 0.1) is 13.8 Å². The van der Waals surface area contributed by atoms with E-state index in [4.69, 9.17) is 0 Å². The number of alkyl halides is 3. The van der Waals surface area contributed by atoms with E-state index in [-0.39, 0.29) is 5.65 Å². The number of aromatic nitrogens is 6. The molecule has 25 heavy (non-hydrogen) atoms. The zero-order valence-corrected chi connectivity index (χ0v) is 14.3. The van der Waals surface area contributed by atoms with Crippen molar-refractivity contribution in [1.29, 1.82) is 0 Å². The number of nitrogens with zero attached hydrogens (tertiary/aromatic N) is 6. The lowest BCUT2D eigenvalue weighted by atomic mass is 10.1. The molecule has 3 heterocycles. The summed E-state index contributed by atoms with van der Waals surface area (Å²) in [6.07, 6.45) is -1.97. The van der Waals surface area contributed by atoms with Gasteiger partial charge in [0.1, 0.15) is 0 Å². The van der Waals surface area contributed by atoms with Crippen LogP contribution >= 0.6 is 0 Å². The summed E-state index contributed by atoms with van der Waals surface area (Å²) in [5.41, 5.74) is 3.35. The van der Waals surface area contributed by atoms with Crippen LogP contribution in [-0.2, 0) is 26.2 Å². The molecule has 0 aliphatic carbocycles. The maximum atomic E-state index is 13.1. The van der Waals surface area contributed by atoms with Gasteiger partial charge in [-0.05, 0) is 25.8 Å². The molecule has 3 aromatic rings. The van der Waals surface area contributed by atoms with Gasteiger partial charge in [0.25, 0.3) is 5.82 Å². The molecule has 0 radical (unpaired) electrons. The lowest BCUT2D eigenvalue weighted by Gasteiger charge is -2.12. The van der Waals surface area contributed by atoms with Crippen LogP contribution in [0.3, 0.4) is 0 Å². The van der Waals surface area contributed by atoms with E-state index in [1.807, 2.05) is 20.2 Å². The lowest BCUT2D eigenvalue weighted by Crippen LogP contribution is -2.15. The van der Waals surface area contributed by atoms with Gasteiger partial charge in [-0.3, -0.25) is 4.68 Å². The van der Waals surface area contributed by atoms with Crippen LogP contribution in [0.5, 0.6) is 0 Å². The summed E-state index contributed by atoms with van der Waals surface area (Å²) in [7, 11) is 1.83. The number of fused-ring (bicyclic) bond motifs is 1. The Balaban J connectivity index is 1.99. The van der Waals surface area contributed by atoms with Crippen LogP contribution in [0.2, 0.25) is 0 Å². The van der Waals surface area contributed by atoms with Gasteiger partial charge < -0.3 is 5.32 Å². The van der Waals surface area contributed by atoms with E-state index < -0.39 is 12.0 Å². The maximum Gasteiger partial charge on any atom is 0.453 e. The Morgan fingerprint density at radius 3 is 2.48 bits per heavy atom. The molecule has 0 saturated carbocycles. The van der Waals surface area contributed by atoms with Crippen molar-refractivity contribution < 1.29 is 13.2 Å². The van der Waals surface area contributed by atoms with Gasteiger partial charge in [-0.25, -0.2) is 0 Å². The third-order valence-electron chi connectivity index (χ3n) is 4.12. The average molecular weight is 353 g/mol. The van der Waals surface area contributed by atoms with E-state index in [0.29, 0.717) is 17.9 Å². The molecule has 0 spiro atoms. The van der Waals surface area contributed by atoms with Gasteiger partial charge in [-0.15, -0.1) is 15.3 Å². The second-order valence-electron chi connectivity index (χ2n) is 5.84. The highest BCUT2D eigenvalue weighted by atomic mass is 19.4. The van der Waals surface area contributed by atoms with Gasteiger partial charge in [0.15, 0.2) is 11.5 Å². The molecule has 3 rings (SSSR count). The van der Waals surface area contributed by atoms with Gasteiger partial charge in [0, 0.05) is 30.9 Å². The van der Waals surface area contributed by atoms with Crippen molar-refractivity contribution in [2.45, 2.75) is 39.9 Å². The van der Waals surface area contributed by atoms with E-state index in [2.05, 4.69) is 25.7 Å². The zero-order chi connectivity index (χ0) is 18.4. The summed E-state index contributed by atoms with van der Waals surface area (Å²) >= 11 is 0. The molecule has 3 aromatic heterocycles. The summed E-state index contributed by atoms with van der Waals surface area (Å²) in [5.74, 6) is -0.773. The molecule has 0 saturated heterocycles. The van der Waals surface area contributed by atoms with E-state index >= 15 is 0 Å². The molecular weight excluding hydrogens is 335 g/mol. The molecule has 0 fully saturated rings. The summed E-state index contributed by atoms with van der Waals surface area (Å²) in [4.78, 5) is 0. The van der Waals surface area contributed by atoms with Crippen molar-refractivity contribution >= 4 is 11.5 Å². The van der Waals surface area contributed by atoms with Crippen LogP contribution in [0.4, 0.5) is 19.0 Å². The number of nitrogens with one attached hydrogen (secondary N) is 1. The number of halogens is 3. The minimum Gasteiger partial charge on any atom is -0.364 e. The molecule has 0 bridgehead atoms. The minimum absolute atomic E-state index is 0.103. The monoisotopic (exact) mass is 353 g/mol. The molecule has 7 nitrogen and oxygen atoms in total. The second kappa shape index (κ2) is 6.01. The van der Waals surface area contributed by atoms with Gasteiger partial charge >= 0.3 is 6.18 Å². The summed E-state index contributed by atoms with van der Waals surface area (Å²) in [6, 6.07) is 0. The highest BCUT2D eigenvalue weighted by molar-refractivity contribution is 5.58. The first-order valence-electron chi connectivity index (χ1n) is 7.77. The van der Waals surface area contributed by atoms with Crippen molar-refractivity contribution in [3.63, 3.8) is 0 Å². The Bertz CT molecular complexity index is 923. The minimum atomic E-state index is -4.62. The SMILES string of the molecule is CCc1nn(C)cc1CNc1nn2c(C(F)(F)F)nnc2c(C)c1C. The van der Waals surface area contributed by atoms with Crippen molar-refractivity contribution in [3.05, 3.63) is 34.4 Å². The fourth-order valence-electron chi connectivity index (χ4n) is 2.68. The van der Waals surface area contributed by atoms with Crippen LogP contribution in [-0.4, -0.2) is 29.6 Å². The summed E-state index contributed by atoms with van der Waals surface area (Å²) < 4.78 is 41.7. The fraction of sp³-hybridized carbons (Fsp3) is 0.467. The number of hydrogen-bond donors (Lipinski definition) is 1. The average Bonchev–Trinajstić information content (AvgIpc) is 3.12. The first-order valence-corrected chi connectivity index (χ1v) is 7.77. The molecule has 0 atom stereocenters. The van der Waals surface area contributed by atoms with Crippen LogP contribution < -0.4 is 5.32 Å². The van der Waals surface area contributed by atoms with E-state index in [9.17, 15) is 13.2 Å². The molecule has 10 heteroatoms. The lowest BCUT2D eigenvalue weighted by molar-refractivity contribution is -0.146. The molecule has 134 valence electrons. The highest BCUT2D eigenvalue weighted by Crippen LogP contribution is 2.29. The molecule has 0 aliphatic heterocycles. The Hall–Kier alpha value is -2.65. The predicted octanol–water partition coefficient (Wildman–Crippen LogP) is 2.67. The van der Waals surface area contributed by atoms with Gasteiger partial charge in [-0.2, -0.15) is 22.8 Å². The maximum absolute atomic E-state index is 13.1. The molecule has 1 N–H and O–H groups in total. The number of hydrogen-bond acceptors (Lipinski definition) is 5. The second-order valence-corrected chi connectivity index (χ2v) is 5.84. The Morgan fingerprint density at radius 1 is 1.12 bits per heavy atom. The molecule has 0 amide bonds. The van der Waals surface area contributed by atoms with Crippen LogP contribution in [0.25, 0.3) is 5.65 Å². The van der Waals surface area contributed by atoms with Crippen molar-refractivity contribution in [3.8, 4) is 0 Å². The first kappa shape index (κ1) is 17.2. The molecular formula is C15H18F3N7. The Kier molecular flexibility index (Phi) is 4.13. The van der Waals surface area contributed by atoms with Gasteiger partial charge in [0.2, 0.25) is 0 Å². The van der Waals surface area contributed by atoms with Crippen LogP contribution in [0.15, 0.2) is 6.20 Å². The third-order valence-corrected chi connectivity index (χ3v) is 4.12. The van der Waals surface area contributed by atoms with Crippen molar-refractivity contribution in [2.75, 3.05) is 5.32 Å². The molecule has 0 aromatic carbocycles. The quantitative estimate of drug-likeness (QED) is 0.781. The molecule has 0 aliphatic rings. The Labute approximate surface area is 141 Å². The standard InChI is InChI=1S/C15H18F3N7/c1-5-11-10(7-24(4)22-11)6-19-12-8(2)9(3)13-20-21-14(15(16,17)18)25(13)23-12/h7H,5-6H2,1-4H3,(H,19,23). The van der Waals surface area contributed by atoms with E-state index in [1.54, 1.807) is 18.5 Å². The van der Waals surface area contributed by atoms with E-state index in [0.717, 1.165) is 27.8 Å². The normalized spacial score (nSPS) is 12.1. The number of anilines is 1. The largest absolute Gasteiger partial charge is 0.453 e. The Morgan fingerprint density at radius 2 is 1.84 bits per heavy atom. The smallest absolute Gasteiger partial charge is 0.364 e. The zero-order valence-electron chi connectivity index (χ0n) is 14.3. The highest BCUT2D eigenvalue weighted by Gasteiger charge is 2.38. The van der Waals surface area contributed by atoms with E-state index in [1.165, 1.54) is 0 Å². The fourth-order valence-corrected chi connectivity index (χ4v) is 2.68. The third kappa shape index (κ3) is 3.03. The van der Waals surface area contributed by atoms with Crippen molar-refractivity contribution in [1.82, 2.24) is 29.6 Å². The van der Waals surface area contributed by atoms with Gasteiger partial charge in [-0.1, -0.05) is 6.92 Å². The van der Waals surface area contributed by atoms with Crippen LogP contribution in [0.1, 0.15) is 35.1 Å². The number of rotatable bonds is 4. The summed E-state index contributed by atoms with van der Waals surface area (Å²) in [6.45, 7) is 5.90. The summed E-state index contributed by atoms with van der Waals surface area (Å²) in [5, 5.41) is 18.4. The van der Waals surface area contributed by atoms with Crippen molar-refractivity contribution in [2.24, 2.45) is 7.05 Å².